The summed E-state index contributed by atoms with van der Waals surface area (Å²) >= 11 is 0. The highest BCUT2D eigenvalue weighted by atomic mass is 16.3. The fourth-order valence-electron chi connectivity index (χ4n) is 10.6. The minimum atomic E-state index is 0.898. The van der Waals surface area contributed by atoms with Gasteiger partial charge in [0.15, 0.2) is 5.58 Å². The molecule has 0 radical (unpaired) electrons. The molecule has 0 N–H and O–H groups in total. The lowest BCUT2D eigenvalue weighted by Crippen LogP contribution is -1.94. The predicted octanol–water partition coefficient (Wildman–Crippen LogP) is 16.2. The monoisotopic (exact) mass is 815 g/mol. The number of benzene rings is 10. The first-order valence-electron chi connectivity index (χ1n) is 21.9. The molecule has 298 valence electrons. The number of furan rings is 1. The summed E-state index contributed by atoms with van der Waals surface area (Å²) in [5.41, 5.74) is 16.9. The summed E-state index contributed by atoms with van der Waals surface area (Å²) in [6.45, 7) is 0. The van der Waals surface area contributed by atoms with E-state index in [0.29, 0.717) is 0 Å². The molecule has 0 aliphatic carbocycles. The second kappa shape index (κ2) is 13.4. The molecule has 4 aromatic heterocycles. The highest BCUT2D eigenvalue weighted by Crippen LogP contribution is 2.42. The fraction of sp³-hybridized carbons (Fsp3) is 0. The van der Waals surface area contributed by atoms with E-state index in [2.05, 4.69) is 232 Å². The Morgan fingerprint density at radius 1 is 0.250 bits per heavy atom. The fourth-order valence-corrected chi connectivity index (χ4v) is 10.6. The van der Waals surface area contributed by atoms with Gasteiger partial charge in [-0.2, -0.15) is 0 Å². The third-order valence-corrected chi connectivity index (χ3v) is 13.4. The Morgan fingerprint density at radius 2 is 0.672 bits per heavy atom. The molecule has 14 aromatic rings. The van der Waals surface area contributed by atoms with Crippen LogP contribution < -0.4 is 0 Å². The summed E-state index contributed by atoms with van der Waals surface area (Å²) in [6.07, 6.45) is 0. The van der Waals surface area contributed by atoms with E-state index in [-0.39, 0.29) is 0 Å². The topological polar surface area (TPSA) is 27.9 Å². The van der Waals surface area contributed by atoms with Crippen LogP contribution in [0.2, 0.25) is 0 Å². The summed E-state index contributed by atoms with van der Waals surface area (Å²) in [6, 6.07) is 81.5. The van der Waals surface area contributed by atoms with E-state index in [1.54, 1.807) is 0 Å². The van der Waals surface area contributed by atoms with Gasteiger partial charge in [-0.15, -0.1) is 0 Å². The largest absolute Gasteiger partial charge is 0.454 e. The molecule has 0 fully saturated rings. The second-order valence-corrected chi connectivity index (χ2v) is 16.9. The van der Waals surface area contributed by atoms with Crippen LogP contribution in [0.3, 0.4) is 0 Å². The van der Waals surface area contributed by atoms with Crippen LogP contribution in [0, 0.1) is 0 Å². The molecule has 64 heavy (non-hydrogen) atoms. The van der Waals surface area contributed by atoms with Crippen molar-refractivity contribution in [2.45, 2.75) is 0 Å². The Bertz CT molecular complexity index is 4180. The minimum absolute atomic E-state index is 0.898. The summed E-state index contributed by atoms with van der Waals surface area (Å²) < 4.78 is 13.8. The Balaban J connectivity index is 0.938. The SMILES string of the molecule is c1ccc(-n2c3ccccc3c3ccc(-c4ccc5c6cc(-c7ccc8c(c7)c7ccccc7n8-c7cccc8c7oc7ccccc78)ccc6n(-c6ccccc6)c5c4)cc32)cc1. The van der Waals surface area contributed by atoms with E-state index in [1.807, 2.05) is 6.07 Å². The number of fused-ring (bicyclic) bond motifs is 12. The van der Waals surface area contributed by atoms with Gasteiger partial charge in [-0.1, -0.05) is 140 Å². The van der Waals surface area contributed by atoms with E-state index in [0.717, 1.165) is 50.0 Å². The molecule has 0 saturated heterocycles. The first kappa shape index (κ1) is 35.0. The van der Waals surface area contributed by atoms with Crippen molar-refractivity contribution in [1.29, 1.82) is 0 Å². The van der Waals surface area contributed by atoms with Gasteiger partial charge in [0.2, 0.25) is 0 Å². The molecule has 14 rings (SSSR count). The maximum atomic E-state index is 6.57. The number of hydrogen-bond acceptors (Lipinski definition) is 1. The Kier molecular flexibility index (Phi) is 7.36. The summed E-state index contributed by atoms with van der Waals surface area (Å²) in [4.78, 5) is 0. The van der Waals surface area contributed by atoms with Crippen molar-refractivity contribution < 1.29 is 4.42 Å². The highest BCUT2D eigenvalue weighted by Gasteiger charge is 2.20. The molecule has 0 aliphatic rings. The lowest BCUT2D eigenvalue weighted by Gasteiger charge is -2.10. The van der Waals surface area contributed by atoms with Gasteiger partial charge in [-0.05, 0) is 107 Å². The molecule has 0 unspecified atom stereocenters. The third kappa shape index (κ3) is 5.05. The smallest absolute Gasteiger partial charge is 0.159 e. The number of hydrogen-bond donors (Lipinski definition) is 0. The zero-order valence-corrected chi connectivity index (χ0v) is 34.6. The highest BCUT2D eigenvalue weighted by molar-refractivity contribution is 6.15. The molecule has 4 heterocycles. The zero-order valence-electron chi connectivity index (χ0n) is 34.6. The van der Waals surface area contributed by atoms with Crippen molar-refractivity contribution in [3.63, 3.8) is 0 Å². The first-order chi connectivity index (χ1) is 31.7. The molecule has 0 saturated carbocycles. The molecule has 0 aliphatic heterocycles. The van der Waals surface area contributed by atoms with Crippen LogP contribution in [0.5, 0.6) is 0 Å². The van der Waals surface area contributed by atoms with Gasteiger partial charge >= 0.3 is 0 Å². The van der Waals surface area contributed by atoms with Gasteiger partial charge in [-0.3, -0.25) is 0 Å². The van der Waals surface area contributed by atoms with Crippen LogP contribution in [-0.2, 0) is 0 Å². The normalized spacial score (nSPS) is 12.1. The molecule has 0 atom stereocenters. The average molecular weight is 816 g/mol. The van der Waals surface area contributed by atoms with Crippen molar-refractivity contribution in [2.75, 3.05) is 0 Å². The van der Waals surface area contributed by atoms with E-state index >= 15 is 0 Å². The van der Waals surface area contributed by atoms with Crippen LogP contribution in [0.15, 0.2) is 229 Å². The molecular formula is C60H37N3O. The van der Waals surface area contributed by atoms with Gasteiger partial charge in [0, 0.05) is 54.5 Å². The summed E-state index contributed by atoms with van der Waals surface area (Å²) in [7, 11) is 0. The number of rotatable bonds is 5. The number of aromatic nitrogens is 3. The lowest BCUT2D eigenvalue weighted by molar-refractivity contribution is 0.666. The lowest BCUT2D eigenvalue weighted by atomic mass is 9.99. The van der Waals surface area contributed by atoms with E-state index < -0.39 is 0 Å². The maximum Gasteiger partial charge on any atom is 0.159 e. The minimum Gasteiger partial charge on any atom is -0.454 e. The molecule has 0 spiro atoms. The van der Waals surface area contributed by atoms with Crippen molar-refractivity contribution in [2.24, 2.45) is 0 Å². The van der Waals surface area contributed by atoms with Crippen molar-refractivity contribution in [3.8, 4) is 39.3 Å². The Morgan fingerprint density at radius 3 is 1.30 bits per heavy atom. The average Bonchev–Trinajstić information content (AvgIpc) is 4.10. The number of para-hydroxylation sites is 6. The predicted molar refractivity (Wildman–Crippen MR) is 268 cm³/mol. The summed E-state index contributed by atoms with van der Waals surface area (Å²) in [5, 5.41) is 9.63. The molecule has 0 bridgehead atoms. The van der Waals surface area contributed by atoms with Gasteiger partial charge in [0.05, 0.1) is 38.8 Å². The Hall–Kier alpha value is -8.60. The third-order valence-electron chi connectivity index (χ3n) is 13.4. The van der Waals surface area contributed by atoms with E-state index in [4.69, 9.17) is 4.42 Å². The van der Waals surface area contributed by atoms with E-state index in [1.165, 1.54) is 76.6 Å². The van der Waals surface area contributed by atoms with Crippen LogP contribution in [0.1, 0.15) is 0 Å². The van der Waals surface area contributed by atoms with Crippen LogP contribution in [-0.4, -0.2) is 13.7 Å². The molecule has 0 amide bonds. The standard InChI is InChI=1S/C60H37N3O/c1-3-14-42(15-4-1)61-52-22-10-7-18-44(52)46-30-26-40(36-57(46)61)41-27-31-47-51-35-38(28-32-54(51)62(58(47)37-41)43-16-5-2-6-17-43)39-29-33-55-50(34-39)45-19-8-11-23-53(45)63(55)56-24-13-21-49-48-20-9-12-25-59(48)64-60(49)56/h1-37H. The van der Waals surface area contributed by atoms with Gasteiger partial charge < -0.3 is 18.1 Å². The van der Waals surface area contributed by atoms with Crippen LogP contribution >= 0.6 is 0 Å². The Labute approximate surface area is 367 Å². The zero-order chi connectivity index (χ0) is 41.9. The summed E-state index contributed by atoms with van der Waals surface area (Å²) in [5.74, 6) is 0. The van der Waals surface area contributed by atoms with Gasteiger partial charge in [0.1, 0.15) is 5.58 Å². The molecular weight excluding hydrogens is 779 g/mol. The molecule has 4 heteroatoms. The van der Waals surface area contributed by atoms with Crippen molar-refractivity contribution >= 4 is 87.4 Å². The second-order valence-electron chi connectivity index (χ2n) is 16.9. The number of nitrogens with zero attached hydrogens (tertiary/aromatic N) is 3. The van der Waals surface area contributed by atoms with Gasteiger partial charge in [-0.25, -0.2) is 0 Å². The van der Waals surface area contributed by atoms with E-state index in [9.17, 15) is 0 Å². The quantitative estimate of drug-likeness (QED) is 0.170. The van der Waals surface area contributed by atoms with Crippen LogP contribution in [0.4, 0.5) is 0 Å². The van der Waals surface area contributed by atoms with Gasteiger partial charge in [0.25, 0.3) is 0 Å². The van der Waals surface area contributed by atoms with Crippen molar-refractivity contribution in [3.05, 3.63) is 224 Å². The van der Waals surface area contributed by atoms with Crippen LogP contribution in [0.25, 0.3) is 127 Å². The maximum absolute atomic E-state index is 6.57. The molecule has 10 aromatic carbocycles. The first-order valence-corrected chi connectivity index (χ1v) is 21.9. The van der Waals surface area contributed by atoms with Crippen molar-refractivity contribution in [1.82, 2.24) is 13.7 Å². The molecule has 4 nitrogen and oxygen atoms in total.